The summed E-state index contributed by atoms with van der Waals surface area (Å²) >= 11 is 3.29. The van der Waals surface area contributed by atoms with E-state index < -0.39 is 0 Å². The molecule has 17 heavy (non-hydrogen) atoms. The molecule has 1 heterocycles. The summed E-state index contributed by atoms with van der Waals surface area (Å²) in [6.45, 7) is 1.04. The van der Waals surface area contributed by atoms with E-state index in [2.05, 4.69) is 38.1 Å². The second-order valence-electron chi connectivity index (χ2n) is 4.88. The minimum absolute atomic E-state index is 0.420. The average Bonchev–Trinajstić information content (AvgIpc) is 2.33. The van der Waals surface area contributed by atoms with Crippen LogP contribution >= 0.6 is 15.9 Å². The lowest BCUT2D eigenvalue weighted by molar-refractivity contribution is 0.329. The highest BCUT2D eigenvalue weighted by molar-refractivity contribution is 9.10. The highest BCUT2D eigenvalue weighted by atomic mass is 79.9. The summed E-state index contributed by atoms with van der Waals surface area (Å²) < 4.78 is 0.776. The lowest BCUT2D eigenvalue weighted by Crippen LogP contribution is -2.33. The van der Waals surface area contributed by atoms with Crippen LogP contribution in [-0.2, 0) is 0 Å². The molecule has 4 nitrogen and oxygen atoms in total. The first-order valence-corrected chi connectivity index (χ1v) is 6.90. The third-order valence-corrected chi connectivity index (χ3v) is 3.86. The van der Waals surface area contributed by atoms with Crippen molar-refractivity contribution in [3.05, 3.63) is 16.7 Å². The van der Waals surface area contributed by atoms with Gasteiger partial charge in [0.15, 0.2) is 5.82 Å². The number of rotatable bonds is 3. The molecule has 1 aromatic heterocycles. The molecular weight excluding hydrogens is 280 g/mol. The van der Waals surface area contributed by atoms with E-state index in [1.54, 1.807) is 0 Å². The normalized spacial score (nSPS) is 24.6. The van der Waals surface area contributed by atoms with Gasteiger partial charge in [-0.1, -0.05) is 0 Å². The third kappa shape index (κ3) is 3.64. The highest BCUT2D eigenvalue weighted by Gasteiger charge is 2.20. The van der Waals surface area contributed by atoms with E-state index in [0.29, 0.717) is 6.04 Å². The zero-order valence-electron chi connectivity index (χ0n) is 10.1. The minimum atomic E-state index is 0.420. The van der Waals surface area contributed by atoms with Gasteiger partial charge in [-0.25, -0.2) is 0 Å². The van der Waals surface area contributed by atoms with Gasteiger partial charge in [0, 0.05) is 19.6 Å². The van der Waals surface area contributed by atoms with Crippen LogP contribution in [0.25, 0.3) is 0 Å². The van der Waals surface area contributed by atoms with Gasteiger partial charge in [0.25, 0.3) is 0 Å². The maximum Gasteiger partial charge on any atom is 0.151 e. The molecule has 1 fully saturated rings. The molecule has 2 rings (SSSR count). The van der Waals surface area contributed by atoms with Crippen molar-refractivity contribution < 1.29 is 0 Å². The fourth-order valence-corrected chi connectivity index (χ4v) is 2.58. The first-order chi connectivity index (χ1) is 8.15. The molecule has 94 valence electrons. The summed E-state index contributed by atoms with van der Waals surface area (Å²) in [6, 6.07) is 4.34. The van der Waals surface area contributed by atoms with Crippen LogP contribution in [0.15, 0.2) is 16.7 Å². The molecule has 0 atom stereocenters. The molecule has 1 aromatic rings. The van der Waals surface area contributed by atoms with Gasteiger partial charge in [0.1, 0.15) is 4.60 Å². The van der Waals surface area contributed by atoms with Gasteiger partial charge in [-0.05, 0) is 59.7 Å². The monoisotopic (exact) mass is 298 g/mol. The molecule has 1 aliphatic rings. The van der Waals surface area contributed by atoms with E-state index in [1.165, 1.54) is 12.8 Å². The Hall–Kier alpha value is -0.680. The summed E-state index contributed by atoms with van der Waals surface area (Å²) in [7, 11) is 2.08. The van der Waals surface area contributed by atoms with Crippen molar-refractivity contribution in [3.63, 3.8) is 0 Å². The van der Waals surface area contributed by atoms with Crippen LogP contribution in [0.1, 0.15) is 25.7 Å². The lowest BCUT2D eigenvalue weighted by Gasteiger charge is -2.29. The number of aromatic nitrogens is 2. The Bertz CT molecular complexity index is 346. The molecule has 0 aromatic carbocycles. The summed E-state index contributed by atoms with van der Waals surface area (Å²) in [6.07, 6.45) is 4.78. The van der Waals surface area contributed by atoms with Gasteiger partial charge in [0.2, 0.25) is 0 Å². The Kier molecular flexibility index (Phi) is 4.34. The predicted molar refractivity (Wildman–Crippen MR) is 72.9 cm³/mol. The molecular formula is C12H19BrN4. The van der Waals surface area contributed by atoms with E-state index in [1.807, 2.05) is 12.1 Å². The fraction of sp³-hybridized carbons (Fsp3) is 0.667. The zero-order chi connectivity index (χ0) is 12.3. The fourth-order valence-electron chi connectivity index (χ4n) is 2.36. The second kappa shape index (κ2) is 5.78. The Morgan fingerprint density at radius 1 is 1.29 bits per heavy atom. The van der Waals surface area contributed by atoms with E-state index in [9.17, 15) is 0 Å². The summed E-state index contributed by atoms with van der Waals surface area (Å²) in [5.41, 5.74) is 5.91. The molecule has 0 saturated heterocycles. The smallest absolute Gasteiger partial charge is 0.151 e. The van der Waals surface area contributed by atoms with Crippen molar-refractivity contribution in [1.82, 2.24) is 10.2 Å². The van der Waals surface area contributed by atoms with Crippen LogP contribution in [0, 0.1) is 5.92 Å². The van der Waals surface area contributed by atoms with Crippen LogP contribution in [0.3, 0.4) is 0 Å². The highest BCUT2D eigenvalue weighted by Crippen LogP contribution is 2.24. The van der Waals surface area contributed by atoms with Gasteiger partial charge in [-0.2, -0.15) is 0 Å². The largest absolute Gasteiger partial charge is 0.358 e. The first kappa shape index (κ1) is 12.8. The van der Waals surface area contributed by atoms with Crippen molar-refractivity contribution in [2.24, 2.45) is 11.7 Å². The van der Waals surface area contributed by atoms with Gasteiger partial charge in [-0.3, -0.25) is 0 Å². The Balaban J connectivity index is 1.88. The van der Waals surface area contributed by atoms with Crippen molar-refractivity contribution >= 4 is 21.7 Å². The molecule has 0 amide bonds. The summed E-state index contributed by atoms with van der Waals surface area (Å²) in [5.74, 6) is 1.67. The average molecular weight is 299 g/mol. The maximum absolute atomic E-state index is 5.91. The molecule has 1 saturated carbocycles. The molecule has 2 N–H and O–H groups in total. The third-order valence-electron chi connectivity index (χ3n) is 3.43. The standard InChI is InChI=1S/C12H19BrN4/c1-17(12-7-6-11(13)15-16-12)8-9-2-4-10(14)5-3-9/h6-7,9-10H,2-5,8,14H2,1H3. The van der Waals surface area contributed by atoms with E-state index >= 15 is 0 Å². The van der Waals surface area contributed by atoms with Crippen LogP contribution in [0.2, 0.25) is 0 Å². The van der Waals surface area contributed by atoms with Gasteiger partial charge in [-0.15, -0.1) is 10.2 Å². The first-order valence-electron chi connectivity index (χ1n) is 6.11. The van der Waals surface area contributed by atoms with Crippen molar-refractivity contribution in [3.8, 4) is 0 Å². The molecule has 0 unspecified atom stereocenters. The molecule has 0 radical (unpaired) electrons. The van der Waals surface area contributed by atoms with Crippen molar-refractivity contribution in [2.75, 3.05) is 18.5 Å². The quantitative estimate of drug-likeness (QED) is 0.929. The molecule has 1 aliphatic carbocycles. The topological polar surface area (TPSA) is 55.0 Å². The number of hydrogen-bond acceptors (Lipinski definition) is 4. The lowest BCUT2D eigenvalue weighted by atomic mass is 9.86. The molecule has 0 bridgehead atoms. The minimum Gasteiger partial charge on any atom is -0.358 e. The number of nitrogens with zero attached hydrogens (tertiary/aromatic N) is 3. The predicted octanol–water partition coefficient (Wildman–Crippen LogP) is 2.19. The van der Waals surface area contributed by atoms with Crippen molar-refractivity contribution in [2.45, 2.75) is 31.7 Å². The van der Waals surface area contributed by atoms with Crippen LogP contribution in [-0.4, -0.2) is 29.8 Å². The van der Waals surface area contributed by atoms with Crippen LogP contribution in [0.5, 0.6) is 0 Å². The SMILES string of the molecule is CN(CC1CCC(N)CC1)c1ccc(Br)nn1. The van der Waals surface area contributed by atoms with Crippen LogP contribution in [0.4, 0.5) is 5.82 Å². The Morgan fingerprint density at radius 3 is 2.59 bits per heavy atom. The zero-order valence-corrected chi connectivity index (χ0v) is 11.7. The number of anilines is 1. The van der Waals surface area contributed by atoms with Crippen molar-refractivity contribution in [1.29, 1.82) is 0 Å². The molecule has 0 spiro atoms. The molecule has 0 aliphatic heterocycles. The second-order valence-corrected chi connectivity index (χ2v) is 5.69. The van der Waals surface area contributed by atoms with Gasteiger partial charge < -0.3 is 10.6 Å². The molecule has 5 heteroatoms. The number of hydrogen-bond donors (Lipinski definition) is 1. The van der Waals surface area contributed by atoms with E-state index in [0.717, 1.165) is 35.7 Å². The van der Waals surface area contributed by atoms with E-state index in [-0.39, 0.29) is 0 Å². The number of halogens is 1. The Morgan fingerprint density at radius 2 is 2.00 bits per heavy atom. The van der Waals surface area contributed by atoms with E-state index in [4.69, 9.17) is 5.73 Å². The summed E-state index contributed by atoms with van der Waals surface area (Å²) in [4.78, 5) is 2.18. The van der Waals surface area contributed by atoms with Crippen LogP contribution < -0.4 is 10.6 Å². The Labute approximate surface area is 111 Å². The van der Waals surface area contributed by atoms with Gasteiger partial charge in [0.05, 0.1) is 0 Å². The summed E-state index contributed by atoms with van der Waals surface area (Å²) in [5, 5.41) is 8.17. The van der Waals surface area contributed by atoms with Gasteiger partial charge >= 0.3 is 0 Å². The number of nitrogens with two attached hydrogens (primary N) is 1. The maximum atomic E-state index is 5.91.